The topological polar surface area (TPSA) is 56.1 Å². The Bertz CT molecular complexity index is 840. The van der Waals surface area contributed by atoms with E-state index in [9.17, 15) is 4.79 Å². The lowest BCUT2D eigenvalue weighted by Crippen LogP contribution is -2.38. The van der Waals surface area contributed by atoms with E-state index in [1.165, 1.54) is 18.4 Å². The number of halogens is 1. The van der Waals surface area contributed by atoms with E-state index in [0.717, 1.165) is 44.3 Å². The number of rotatable bonds is 5. The number of hydrogen-bond donors (Lipinski definition) is 0. The van der Waals surface area contributed by atoms with Gasteiger partial charge in [-0.3, -0.25) is 9.69 Å². The third kappa shape index (κ3) is 4.73. The third-order valence-electron chi connectivity index (χ3n) is 4.19. The summed E-state index contributed by atoms with van der Waals surface area (Å²) in [5.74, 6) is 0.114. The lowest BCUT2D eigenvalue weighted by atomic mass is 10.2. The Hall–Kier alpha value is -1.67. The van der Waals surface area contributed by atoms with Crippen LogP contribution in [0.4, 0.5) is 0 Å². The second-order valence-electron chi connectivity index (χ2n) is 6.03. The van der Waals surface area contributed by atoms with Crippen LogP contribution >= 0.6 is 22.9 Å². The molecule has 0 radical (unpaired) electrons. The van der Waals surface area contributed by atoms with E-state index < -0.39 is 0 Å². The highest BCUT2D eigenvalue weighted by molar-refractivity contribution is 7.09. The third-order valence-corrected chi connectivity index (χ3v) is 5.36. The summed E-state index contributed by atoms with van der Waals surface area (Å²) in [5, 5.41) is 0.479. The van der Waals surface area contributed by atoms with Gasteiger partial charge in [-0.15, -0.1) is 11.3 Å². The first kappa shape index (κ1) is 19.1. The maximum Gasteiger partial charge on any atom is 0.283 e. The van der Waals surface area contributed by atoms with Gasteiger partial charge >= 0.3 is 0 Å². The summed E-state index contributed by atoms with van der Waals surface area (Å²) in [6.45, 7) is 7.13. The Morgan fingerprint density at radius 3 is 2.85 bits per heavy atom. The summed E-state index contributed by atoms with van der Waals surface area (Å²) >= 11 is 7.52. The molecule has 8 heteroatoms. The molecule has 0 N–H and O–H groups in total. The number of thiazole rings is 1. The van der Waals surface area contributed by atoms with Crippen molar-refractivity contribution in [3.8, 4) is 5.75 Å². The Labute approximate surface area is 161 Å². The highest BCUT2D eigenvalue weighted by Gasteiger charge is 2.14. The zero-order valence-electron chi connectivity index (χ0n) is 14.9. The Morgan fingerprint density at radius 1 is 1.35 bits per heavy atom. The summed E-state index contributed by atoms with van der Waals surface area (Å²) in [6.07, 6.45) is 2.03. The van der Waals surface area contributed by atoms with Crippen molar-refractivity contribution in [1.82, 2.24) is 9.47 Å². The fraction of sp³-hybridized carbons (Fsp3) is 0.444. The minimum atomic E-state index is -0.355. The van der Waals surface area contributed by atoms with Crippen molar-refractivity contribution < 1.29 is 14.3 Å². The van der Waals surface area contributed by atoms with Crippen molar-refractivity contribution in [3.05, 3.63) is 44.7 Å². The first-order valence-electron chi connectivity index (χ1n) is 8.46. The Balaban J connectivity index is 1.82. The maximum atomic E-state index is 12.7. The molecule has 1 aromatic heterocycles. The molecule has 2 aromatic rings. The van der Waals surface area contributed by atoms with Crippen LogP contribution in [0, 0.1) is 6.92 Å². The summed E-state index contributed by atoms with van der Waals surface area (Å²) in [5.41, 5.74) is 0.366. The SMILES string of the molecule is COc1ccc(Cl)cc1C(=O)/N=c1\sc(C)cn1CCN1CCOCC1. The van der Waals surface area contributed by atoms with Crippen LogP contribution in [0.2, 0.25) is 5.02 Å². The smallest absolute Gasteiger partial charge is 0.283 e. The highest BCUT2D eigenvalue weighted by Crippen LogP contribution is 2.23. The van der Waals surface area contributed by atoms with Gasteiger partial charge < -0.3 is 14.0 Å². The molecule has 3 rings (SSSR count). The van der Waals surface area contributed by atoms with Crippen molar-refractivity contribution in [2.75, 3.05) is 40.0 Å². The van der Waals surface area contributed by atoms with Crippen molar-refractivity contribution in [3.63, 3.8) is 0 Å². The number of nitrogens with zero attached hydrogens (tertiary/aromatic N) is 3. The largest absolute Gasteiger partial charge is 0.496 e. The second-order valence-corrected chi connectivity index (χ2v) is 7.68. The highest BCUT2D eigenvalue weighted by atomic mass is 35.5. The molecule has 2 heterocycles. The Kier molecular flexibility index (Phi) is 6.48. The number of methoxy groups -OCH3 is 1. The molecule has 1 fully saturated rings. The van der Waals surface area contributed by atoms with Crippen LogP contribution < -0.4 is 9.54 Å². The average molecular weight is 396 g/mol. The first-order chi connectivity index (χ1) is 12.6. The molecule has 1 aliphatic heterocycles. The van der Waals surface area contributed by atoms with Crippen LogP contribution in [0.3, 0.4) is 0 Å². The molecule has 140 valence electrons. The van der Waals surface area contributed by atoms with E-state index in [1.807, 2.05) is 17.7 Å². The fourth-order valence-corrected chi connectivity index (χ4v) is 3.85. The average Bonchev–Trinajstić information content (AvgIpc) is 3.00. The molecule has 6 nitrogen and oxygen atoms in total. The molecule has 0 spiro atoms. The minimum absolute atomic E-state index is 0.355. The predicted octanol–water partition coefficient (Wildman–Crippen LogP) is 2.59. The van der Waals surface area contributed by atoms with Crippen LogP contribution in [-0.2, 0) is 11.3 Å². The molecule has 0 unspecified atom stereocenters. The van der Waals surface area contributed by atoms with Gasteiger partial charge in [0.2, 0.25) is 0 Å². The van der Waals surface area contributed by atoms with Gasteiger partial charge in [-0.05, 0) is 25.1 Å². The number of carbonyl (C=O) groups excluding carboxylic acids is 1. The lowest BCUT2D eigenvalue weighted by Gasteiger charge is -2.26. The number of hydrogen-bond acceptors (Lipinski definition) is 5. The number of morpholine rings is 1. The number of amides is 1. The zero-order chi connectivity index (χ0) is 18.5. The van der Waals surface area contributed by atoms with E-state index in [2.05, 4.69) is 9.89 Å². The van der Waals surface area contributed by atoms with Crippen LogP contribution in [0.1, 0.15) is 15.2 Å². The summed E-state index contributed by atoms with van der Waals surface area (Å²) in [7, 11) is 1.53. The van der Waals surface area contributed by atoms with Gasteiger partial charge in [-0.2, -0.15) is 4.99 Å². The van der Waals surface area contributed by atoms with Crippen molar-refractivity contribution >= 4 is 28.8 Å². The maximum absolute atomic E-state index is 12.7. The summed E-state index contributed by atoms with van der Waals surface area (Å²) < 4.78 is 12.7. The molecule has 1 aromatic carbocycles. The normalized spacial score (nSPS) is 16.0. The summed E-state index contributed by atoms with van der Waals surface area (Å²) in [6, 6.07) is 4.96. The van der Waals surface area contributed by atoms with E-state index in [0.29, 0.717) is 21.1 Å². The van der Waals surface area contributed by atoms with Crippen LogP contribution in [-0.4, -0.2) is 55.3 Å². The number of ether oxygens (including phenoxy) is 2. The molecule has 1 amide bonds. The van der Waals surface area contributed by atoms with E-state index in [4.69, 9.17) is 21.1 Å². The molecular weight excluding hydrogens is 374 g/mol. The first-order valence-corrected chi connectivity index (χ1v) is 9.66. The van der Waals surface area contributed by atoms with Gasteiger partial charge in [0.15, 0.2) is 4.80 Å². The molecule has 0 bridgehead atoms. The molecular formula is C18H22ClN3O3S. The standard InChI is InChI=1S/C18H22ClN3O3S/c1-13-12-22(6-5-21-7-9-25-10-8-21)18(26-13)20-17(23)15-11-14(19)3-4-16(15)24-2/h3-4,11-12H,5-10H2,1-2H3/b20-18-. The van der Waals surface area contributed by atoms with Gasteiger partial charge in [-0.1, -0.05) is 11.6 Å². The summed E-state index contributed by atoms with van der Waals surface area (Å²) in [4.78, 5) is 21.1. The van der Waals surface area contributed by atoms with Gasteiger partial charge in [0.05, 0.1) is 25.9 Å². The molecule has 26 heavy (non-hydrogen) atoms. The van der Waals surface area contributed by atoms with E-state index in [1.54, 1.807) is 18.2 Å². The minimum Gasteiger partial charge on any atom is -0.496 e. The molecule has 0 saturated carbocycles. The van der Waals surface area contributed by atoms with E-state index in [-0.39, 0.29) is 5.91 Å². The fourth-order valence-electron chi connectivity index (χ4n) is 2.82. The number of benzene rings is 1. The Morgan fingerprint density at radius 2 is 2.12 bits per heavy atom. The molecule has 1 saturated heterocycles. The van der Waals surface area contributed by atoms with Crippen LogP contribution in [0.25, 0.3) is 0 Å². The number of carbonyl (C=O) groups is 1. The van der Waals surface area contributed by atoms with Crippen LogP contribution in [0.15, 0.2) is 29.4 Å². The van der Waals surface area contributed by atoms with Gasteiger partial charge in [0.25, 0.3) is 5.91 Å². The monoisotopic (exact) mass is 395 g/mol. The van der Waals surface area contributed by atoms with Crippen molar-refractivity contribution in [2.24, 2.45) is 4.99 Å². The van der Waals surface area contributed by atoms with E-state index >= 15 is 0 Å². The second kappa shape index (κ2) is 8.81. The number of aryl methyl sites for hydroxylation is 1. The number of aromatic nitrogens is 1. The van der Waals surface area contributed by atoms with Gasteiger partial charge in [0.1, 0.15) is 5.75 Å². The quantitative estimate of drug-likeness (QED) is 0.780. The van der Waals surface area contributed by atoms with Crippen molar-refractivity contribution in [1.29, 1.82) is 0 Å². The molecule has 0 aliphatic carbocycles. The van der Waals surface area contributed by atoms with Crippen LogP contribution in [0.5, 0.6) is 5.75 Å². The van der Waals surface area contributed by atoms with Gasteiger partial charge in [0, 0.05) is 42.3 Å². The zero-order valence-corrected chi connectivity index (χ0v) is 16.5. The van der Waals surface area contributed by atoms with Gasteiger partial charge in [-0.25, -0.2) is 0 Å². The van der Waals surface area contributed by atoms with Crippen molar-refractivity contribution in [2.45, 2.75) is 13.5 Å². The lowest BCUT2D eigenvalue weighted by molar-refractivity contribution is 0.0363. The molecule has 1 aliphatic rings. The molecule has 0 atom stereocenters. The predicted molar refractivity (Wildman–Crippen MR) is 102 cm³/mol.